The first kappa shape index (κ1) is 7.89. The van der Waals surface area contributed by atoms with Gasteiger partial charge in [0, 0.05) is 0 Å². The molecule has 0 bridgehead atoms. The third-order valence-corrected chi connectivity index (χ3v) is 0.969. The Morgan fingerprint density at radius 3 is 2.62 bits per heavy atom. The Bertz CT molecular complexity index is 45.8. The summed E-state index contributed by atoms with van der Waals surface area (Å²) in [7, 11) is 0. The zero-order chi connectivity index (χ0) is 6.41. The first-order valence-corrected chi connectivity index (χ1v) is 3.12. The van der Waals surface area contributed by atoms with Gasteiger partial charge < -0.3 is 5.32 Å². The molecule has 1 atom stereocenters. The van der Waals surface area contributed by atoms with Gasteiger partial charge >= 0.3 is 0 Å². The molecule has 0 amide bonds. The van der Waals surface area contributed by atoms with Gasteiger partial charge in [0.25, 0.3) is 0 Å². The Balaban J connectivity index is 2.72. The average molecular weight is 119 g/mol. The van der Waals surface area contributed by atoms with Crippen molar-refractivity contribution >= 4 is 0 Å². The van der Waals surface area contributed by atoms with Gasteiger partial charge in [0.1, 0.15) is 0 Å². The number of hydrogen-bond donors (Lipinski definition) is 1. The fourth-order valence-corrected chi connectivity index (χ4v) is 0.478. The Labute approximate surface area is 50.3 Å². The number of hydrogen-bond acceptors (Lipinski definition) is 1. The van der Waals surface area contributed by atoms with Crippen molar-refractivity contribution in [1.29, 1.82) is 0 Å². The molecule has 0 rings (SSSR count). The van der Waals surface area contributed by atoms with E-state index in [1.807, 2.05) is 6.92 Å². The molecule has 0 saturated carbocycles. The minimum Gasteiger partial charge on any atom is -0.317 e. The molecule has 0 saturated heterocycles. The Kier molecular flexibility index (Phi) is 4.97. The molecule has 0 radical (unpaired) electrons. The molecular formula is C6H14FN. The summed E-state index contributed by atoms with van der Waals surface area (Å²) in [4.78, 5) is 0. The molecule has 0 aromatic rings. The standard InChI is InChI=1S/C6H14FN/c1-3-8-5-4-6(2)7/h6,8H,3-5H2,1-2H3/t6-/m1/s1. The van der Waals surface area contributed by atoms with Crippen LogP contribution < -0.4 is 5.32 Å². The second kappa shape index (κ2) is 5.04. The highest BCUT2D eigenvalue weighted by molar-refractivity contribution is 4.49. The Hall–Kier alpha value is -0.110. The molecule has 0 aliphatic rings. The predicted octanol–water partition coefficient (Wildman–Crippen LogP) is 1.34. The molecule has 0 spiro atoms. The summed E-state index contributed by atoms with van der Waals surface area (Å²) >= 11 is 0. The third kappa shape index (κ3) is 5.89. The van der Waals surface area contributed by atoms with Crippen molar-refractivity contribution in [3.05, 3.63) is 0 Å². The van der Waals surface area contributed by atoms with Crippen LogP contribution in [0.15, 0.2) is 0 Å². The van der Waals surface area contributed by atoms with Crippen LogP contribution in [0.5, 0.6) is 0 Å². The molecule has 0 fully saturated rings. The Morgan fingerprint density at radius 1 is 1.62 bits per heavy atom. The highest BCUT2D eigenvalue weighted by atomic mass is 19.1. The lowest BCUT2D eigenvalue weighted by Gasteiger charge is -2.00. The van der Waals surface area contributed by atoms with Crippen molar-refractivity contribution in [2.75, 3.05) is 13.1 Å². The summed E-state index contributed by atoms with van der Waals surface area (Å²) in [5, 5.41) is 3.04. The van der Waals surface area contributed by atoms with Crippen molar-refractivity contribution in [3.8, 4) is 0 Å². The van der Waals surface area contributed by atoms with Crippen LogP contribution in [0.4, 0.5) is 4.39 Å². The number of nitrogens with one attached hydrogen (secondary N) is 1. The second-order valence-corrected chi connectivity index (χ2v) is 1.92. The summed E-state index contributed by atoms with van der Waals surface area (Å²) in [5.74, 6) is 0. The maximum Gasteiger partial charge on any atom is 0.0985 e. The number of halogens is 1. The summed E-state index contributed by atoms with van der Waals surface area (Å²) in [5.41, 5.74) is 0. The highest BCUT2D eigenvalue weighted by Gasteiger charge is 1.93. The van der Waals surface area contributed by atoms with Gasteiger partial charge in [-0.3, -0.25) is 0 Å². The monoisotopic (exact) mass is 119 g/mol. The van der Waals surface area contributed by atoms with Gasteiger partial charge in [-0.05, 0) is 26.4 Å². The molecule has 1 nitrogen and oxygen atoms in total. The van der Waals surface area contributed by atoms with E-state index in [1.165, 1.54) is 0 Å². The molecule has 0 aromatic carbocycles. The van der Waals surface area contributed by atoms with Crippen LogP contribution >= 0.6 is 0 Å². The van der Waals surface area contributed by atoms with Crippen LogP contribution in [0.2, 0.25) is 0 Å². The first-order valence-electron chi connectivity index (χ1n) is 3.12. The fraction of sp³-hybridized carbons (Fsp3) is 1.00. The topological polar surface area (TPSA) is 12.0 Å². The molecule has 8 heavy (non-hydrogen) atoms. The van der Waals surface area contributed by atoms with Gasteiger partial charge in [-0.2, -0.15) is 0 Å². The largest absolute Gasteiger partial charge is 0.317 e. The molecule has 0 aliphatic heterocycles. The van der Waals surface area contributed by atoms with E-state index in [9.17, 15) is 4.39 Å². The van der Waals surface area contributed by atoms with Crippen molar-refractivity contribution < 1.29 is 4.39 Å². The zero-order valence-electron chi connectivity index (χ0n) is 5.58. The van der Waals surface area contributed by atoms with Crippen molar-refractivity contribution in [1.82, 2.24) is 5.32 Å². The van der Waals surface area contributed by atoms with E-state index in [0.717, 1.165) is 13.1 Å². The predicted molar refractivity (Wildman–Crippen MR) is 33.7 cm³/mol. The summed E-state index contributed by atoms with van der Waals surface area (Å²) in [6, 6.07) is 0. The molecule has 2 heteroatoms. The van der Waals surface area contributed by atoms with Crippen molar-refractivity contribution in [2.45, 2.75) is 26.4 Å². The van der Waals surface area contributed by atoms with E-state index in [2.05, 4.69) is 5.32 Å². The fourth-order valence-electron chi connectivity index (χ4n) is 0.478. The van der Waals surface area contributed by atoms with Gasteiger partial charge in [-0.25, -0.2) is 4.39 Å². The molecule has 1 N–H and O–H groups in total. The second-order valence-electron chi connectivity index (χ2n) is 1.92. The molecule has 0 unspecified atom stereocenters. The highest BCUT2D eigenvalue weighted by Crippen LogP contribution is 1.91. The lowest BCUT2D eigenvalue weighted by atomic mass is 10.3. The van der Waals surface area contributed by atoms with E-state index < -0.39 is 6.17 Å². The van der Waals surface area contributed by atoms with Crippen LogP contribution in [0.25, 0.3) is 0 Å². The van der Waals surface area contributed by atoms with Gasteiger partial charge in [0.2, 0.25) is 0 Å². The normalized spacial score (nSPS) is 13.9. The smallest absolute Gasteiger partial charge is 0.0985 e. The van der Waals surface area contributed by atoms with E-state index in [0.29, 0.717) is 6.42 Å². The van der Waals surface area contributed by atoms with Gasteiger partial charge in [-0.1, -0.05) is 6.92 Å². The van der Waals surface area contributed by atoms with Crippen LogP contribution in [-0.4, -0.2) is 19.3 Å². The van der Waals surface area contributed by atoms with Crippen LogP contribution in [0.1, 0.15) is 20.3 Å². The molecule has 0 aromatic heterocycles. The number of alkyl halides is 1. The SMILES string of the molecule is CCNCC[C@@H](C)F. The van der Waals surface area contributed by atoms with Crippen molar-refractivity contribution in [3.63, 3.8) is 0 Å². The Morgan fingerprint density at radius 2 is 2.25 bits per heavy atom. The summed E-state index contributed by atoms with van der Waals surface area (Å²) in [6.07, 6.45) is -0.0255. The molecule has 0 aliphatic carbocycles. The third-order valence-electron chi connectivity index (χ3n) is 0.969. The lowest BCUT2D eigenvalue weighted by molar-refractivity contribution is 0.337. The number of rotatable bonds is 4. The average Bonchev–Trinajstić information content (AvgIpc) is 1.66. The van der Waals surface area contributed by atoms with Crippen LogP contribution in [0, 0.1) is 0 Å². The van der Waals surface area contributed by atoms with Gasteiger partial charge in [0.05, 0.1) is 6.17 Å². The molecular weight excluding hydrogens is 105 g/mol. The van der Waals surface area contributed by atoms with Crippen molar-refractivity contribution in [2.24, 2.45) is 0 Å². The minimum atomic E-state index is -0.658. The zero-order valence-corrected chi connectivity index (χ0v) is 5.58. The quantitative estimate of drug-likeness (QED) is 0.551. The first-order chi connectivity index (χ1) is 3.77. The van der Waals surface area contributed by atoms with E-state index in [1.54, 1.807) is 6.92 Å². The van der Waals surface area contributed by atoms with Crippen LogP contribution in [-0.2, 0) is 0 Å². The van der Waals surface area contributed by atoms with Gasteiger partial charge in [0.15, 0.2) is 0 Å². The van der Waals surface area contributed by atoms with E-state index in [4.69, 9.17) is 0 Å². The lowest BCUT2D eigenvalue weighted by Crippen LogP contribution is -2.16. The maximum absolute atomic E-state index is 12.0. The van der Waals surface area contributed by atoms with E-state index >= 15 is 0 Å². The molecule has 0 heterocycles. The molecule has 50 valence electrons. The van der Waals surface area contributed by atoms with Gasteiger partial charge in [-0.15, -0.1) is 0 Å². The van der Waals surface area contributed by atoms with Crippen LogP contribution in [0.3, 0.4) is 0 Å². The van der Waals surface area contributed by atoms with E-state index in [-0.39, 0.29) is 0 Å². The maximum atomic E-state index is 12.0. The summed E-state index contributed by atoms with van der Waals surface area (Å²) < 4.78 is 12.0. The minimum absolute atomic E-state index is 0.633. The summed E-state index contributed by atoms with van der Waals surface area (Å²) in [6.45, 7) is 5.33.